The van der Waals surface area contributed by atoms with E-state index in [4.69, 9.17) is 0 Å². The van der Waals surface area contributed by atoms with E-state index >= 15 is 0 Å². The Hall–Kier alpha value is -1.54. The third-order valence-corrected chi connectivity index (χ3v) is 5.74. The lowest BCUT2D eigenvalue weighted by Crippen LogP contribution is -2.37. The molecule has 0 unspecified atom stereocenters. The van der Waals surface area contributed by atoms with Crippen LogP contribution in [0.1, 0.15) is 18.1 Å². The summed E-state index contributed by atoms with van der Waals surface area (Å²) in [7, 11) is -1.17. The average Bonchev–Trinajstić information content (AvgIpc) is 2.45. The first-order chi connectivity index (χ1) is 9.49. The van der Waals surface area contributed by atoms with E-state index in [1.165, 1.54) is 22.0 Å². The molecule has 0 amide bonds. The van der Waals surface area contributed by atoms with Crippen LogP contribution in [-0.4, -0.2) is 8.07 Å². The number of hydrogen-bond donors (Lipinski definition) is 1. The van der Waals surface area contributed by atoms with Gasteiger partial charge in [0.05, 0.1) is 8.07 Å². The highest BCUT2D eigenvalue weighted by atomic mass is 28.3. The molecule has 0 radical (unpaired) electrons. The van der Waals surface area contributed by atoms with Crippen LogP contribution in [0, 0.1) is 0 Å². The summed E-state index contributed by atoms with van der Waals surface area (Å²) in [6.07, 6.45) is 1.10. The first-order valence-electron chi connectivity index (χ1n) is 7.41. The van der Waals surface area contributed by atoms with Crippen molar-refractivity contribution in [2.24, 2.45) is 0 Å². The largest absolute Gasteiger partial charge is 0.381 e. The summed E-state index contributed by atoms with van der Waals surface area (Å²) in [6.45, 7) is 10.2. The van der Waals surface area contributed by atoms with Gasteiger partial charge in [-0.25, -0.2) is 0 Å². The van der Waals surface area contributed by atoms with Crippen LogP contribution in [0.3, 0.4) is 0 Å². The monoisotopic (exact) mass is 283 g/mol. The summed E-state index contributed by atoms with van der Waals surface area (Å²) >= 11 is 0. The lowest BCUT2D eigenvalue weighted by molar-refractivity contribution is 1.12. The Bertz CT molecular complexity index is 535. The fourth-order valence-electron chi connectivity index (χ4n) is 2.19. The summed E-state index contributed by atoms with van der Waals surface area (Å²) in [4.78, 5) is 0. The van der Waals surface area contributed by atoms with Crippen LogP contribution < -0.4 is 10.5 Å². The zero-order chi connectivity index (χ0) is 14.6. The van der Waals surface area contributed by atoms with Crippen molar-refractivity contribution in [3.05, 3.63) is 59.7 Å². The predicted octanol–water partition coefficient (Wildman–Crippen LogP) is 4.41. The molecule has 1 N–H and O–H groups in total. The fraction of sp³-hybridized carbons (Fsp3) is 0.333. The molecule has 0 aromatic heterocycles. The van der Waals surface area contributed by atoms with Crippen LogP contribution in [0.4, 0.5) is 5.69 Å². The Labute approximate surface area is 124 Å². The molecule has 0 saturated carbocycles. The molecule has 0 aliphatic carbocycles. The zero-order valence-electron chi connectivity index (χ0n) is 13.0. The van der Waals surface area contributed by atoms with Crippen LogP contribution in [0.25, 0.3) is 0 Å². The average molecular weight is 283 g/mol. The van der Waals surface area contributed by atoms with Gasteiger partial charge in [-0.15, -0.1) is 0 Å². The first-order valence-corrected chi connectivity index (χ1v) is 10.9. The van der Waals surface area contributed by atoms with Crippen LogP contribution in [0.2, 0.25) is 19.6 Å². The van der Waals surface area contributed by atoms with Crippen LogP contribution >= 0.6 is 0 Å². The van der Waals surface area contributed by atoms with Crippen molar-refractivity contribution in [2.45, 2.75) is 39.5 Å². The molecule has 0 bridgehead atoms. The van der Waals surface area contributed by atoms with Gasteiger partial charge in [-0.2, -0.15) is 0 Å². The van der Waals surface area contributed by atoms with Gasteiger partial charge >= 0.3 is 0 Å². The van der Waals surface area contributed by atoms with E-state index in [0.29, 0.717) is 0 Å². The molecule has 0 aliphatic heterocycles. The third-order valence-electron chi connectivity index (χ3n) is 3.68. The normalized spacial score (nSPS) is 11.4. The summed E-state index contributed by atoms with van der Waals surface area (Å²) in [6, 6.07) is 17.8. The molecule has 0 spiro atoms. The molecule has 2 rings (SSSR count). The Balaban J connectivity index is 1.96. The van der Waals surface area contributed by atoms with Crippen LogP contribution in [0.15, 0.2) is 48.5 Å². The molecular formula is C18H25NSi. The summed E-state index contributed by atoms with van der Waals surface area (Å²) < 4.78 is 0. The Morgan fingerprint density at radius 2 is 1.35 bits per heavy atom. The van der Waals surface area contributed by atoms with Gasteiger partial charge in [0.25, 0.3) is 0 Å². The van der Waals surface area contributed by atoms with E-state index in [1.54, 1.807) is 0 Å². The molecule has 106 valence electrons. The number of anilines is 1. The Kier molecular flexibility index (Phi) is 4.66. The van der Waals surface area contributed by atoms with Gasteiger partial charge in [-0.3, -0.25) is 0 Å². The standard InChI is InChI=1S/C18H25NSi/c1-5-15-6-10-17(11-7-15)19-14-16-8-12-18(13-9-16)20(2,3)4/h6-13,19H,5,14H2,1-4H3. The maximum atomic E-state index is 3.48. The maximum absolute atomic E-state index is 3.48. The van der Waals surface area contributed by atoms with E-state index in [2.05, 4.69) is 80.4 Å². The van der Waals surface area contributed by atoms with Gasteiger partial charge in [-0.1, -0.05) is 68.1 Å². The second-order valence-corrected chi connectivity index (χ2v) is 11.4. The van der Waals surface area contributed by atoms with Crippen molar-refractivity contribution in [3.63, 3.8) is 0 Å². The van der Waals surface area contributed by atoms with E-state index in [0.717, 1.165) is 13.0 Å². The van der Waals surface area contributed by atoms with Crippen molar-refractivity contribution >= 4 is 18.9 Å². The number of nitrogens with one attached hydrogen (secondary N) is 1. The number of rotatable bonds is 5. The molecule has 20 heavy (non-hydrogen) atoms. The van der Waals surface area contributed by atoms with Gasteiger partial charge in [0.2, 0.25) is 0 Å². The smallest absolute Gasteiger partial charge is 0.0775 e. The van der Waals surface area contributed by atoms with Gasteiger partial charge in [0, 0.05) is 12.2 Å². The van der Waals surface area contributed by atoms with Crippen molar-refractivity contribution in [2.75, 3.05) is 5.32 Å². The lowest BCUT2D eigenvalue weighted by atomic mass is 10.1. The molecular weight excluding hydrogens is 258 g/mol. The van der Waals surface area contributed by atoms with Crippen LogP contribution in [0.5, 0.6) is 0 Å². The summed E-state index contributed by atoms with van der Waals surface area (Å²) in [5, 5.41) is 5.00. The SMILES string of the molecule is CCc1ccc(NCc2ccc([Si](C)(C)C)cc2)cc1. The van der Waals surface area contributed by atoms with E-state index in [1.807, 2.05) is 0 Å². The van der Waals surface area contributed by atoms with E-state index < -0.39 is 8.07 Å². The number of benzene rings is 2. The second kappa shape index (κ2) is 6.27. The zero-order valence-corrected chi connectivity index (χ0v) is 14.0. The maximum Gasteiger partial charge on any atom is 0.0775 e. The molecule has 0 saturated heterocycles. The number of aryl methyl sites for hydroxylation is 1. The van der Waals surface area contributed by atoms with E-state index in [9.17, 15) is 0 Å². The highest BCUT2D eigenvalue weighted by molar-refractivity contribution is 6.88. The van der Waals surface area contributed by atoms with Crippen molar-refractivity contribution in [1.29, 1.82) is 0 Å². The topological polar surface area (TPSA) is 12.0 Å². The van der Waals surface area contributed by atoms with Gasteiger partial charge in [0.1, 0.15) is 0 Å². The molecule has 0 fully saturated rings. The van der Waals surface area contributed by atoms with Gasteiger partial charge in [-0.05, 0) is 29.7 Å². The molecule has 2 aromatic carbocycles. The second-order valence-electron chi connectivity index (χ2n) is 6.35. The van der Waals surface area contributed by atoms with Crippen molar-refractivity contribution in [1.82, 2.24) is 0 Å². The van der Waals surface area contributed by atoms with Crippen molar-refractivity contribution < 1.29 is 0 Å². The predicted molar refractivity (Wildman–Crippen MR) is 92.6 cm³/mol. The van der Waals surface area contributed by atoms with Crippen LogP contribution in [-0.2, 0) is 13.0 Å². The molecule has 0 atom stereocenters. The lowest BCUT2D eigenvalue weighted by Gasteiger charge is -2.17. The molecule has 2 aromatic rings. The third kappa shape index (κ3) is 3.97. The Morgan fingerprint density at radius 3 is 1.85 bits per heavy atom. The highest BCUT2D eigenvalue weighted by Gasteiger charge is 2.15. The Morgan fingerprint density at radius 1 is 0.800 bits per heavy atom. The van der Waals surface area contributed by atoms with E-state index in [-0.39, 0.29) is 0 Å². The molecule has 0 heterocycles. The fourth-order valence-corrected chi connectivity index (χ4v) is 3.35. The van der Waals surface area contributed by atoms with Gasteiger partial charge < -0.3 is 5.32 Å². The summed E-state index contributed by atoms with van der Waals surface area (Å²) in [5.41, 5.74) is 3.91. The highest BCUT2D eigenvalue weighted by Crippen LogP contribution is 2.12. The minimum atomic E-state index is -1.17. The minimum absolute atomic E-state index is 0.886. The molecule has 0 aliphatic rings. The minimum Gasteiger partial charge on any atom is -0.381 e. The quantitative estimate of drug-likeness (QED) is 0.802. The van der Waals surface area contributed by atoms with Gasteiger partial charge in [0.15, 0.2) is 0 Å². The molecule has 1 nitrogen and oxygen atoms in total. The first kappa shape index (κ1) is 14.9. The summed E-state index contributed by atoms with van der Waals surface area (Å²) in [5.74, 6) is 0. The number of hydrogen-bond acceptors (Lipinski definition) is 1. The van der Waals surface area contributed by atoms with Crippen molar-refractivity contribution in [3.8, 4) is 0 Å². The molecule has 2 heteroatoms.